The monoisotopic (exact) mass is 408 g/mol. The van der Waals surface area contributed by atoms with Crippen LogP contribution in [0.25, 0.3) is 0 Å². The van der Waals surface area contributed by atoms with E-state index in [-0.39, 0.29) is 53.5 Å². The van der Waals surface area contributed by atoms with Crippen molar-refractivity contribution in [3.63, 3.8) is 0 Å². The largest absolute Gasteiger partial charge is 0.396 e. The summed E-state index contributed by atoms with van der Waals surface area (Å²) >= 11 is 0. The van der Waals surface area contributed by atoms with Gasteiger partial charge in [-0.25, -0.2) is 0 Å². The smallest absolute Gasteiger partial charge is 0.0605 e. The molecule has 0 spiro atoms. The van der Waals surface area contributed by atoms with Crippen molar-refractivity contribution >= 4 is 0 Å². The van der Waals surface area contributed by atoms with Gasteiger partial charge >= 0.3 is 0 Å². The van der Waals surface area contributed by atoms with Gasteiger partial charge in [0.25, 0.3) is 0 Å². The minimum Gasteiger partial charge on any atom is -0.396 e. The van der Waals surface area contributed by atoms with Crippen molar-refractivity contribution in [2.45, 2.75) is 97.4 Å². The van der Waals surface area contributed by atoms with Crippen LogP contribution in [0.15, 0.2) is 0 Å². The van der Waals surface area contributed by atoms with Gasteiger partial charge in [-0.2, -0.15) is 0 Å². The third-order valence-electron chi connectivity index (χ3n) is 10.7. The summed E-state index contributed by atoms with van der Waals surface area (Å²) in [6.45, 7) is 9.42. The van der Waals surface area contributed by atoms with E-state index in [2.05, 4.69) is 27.7 Å². The predicted molar refractivity (Wildman–Crippen MR) is 114 cm³/mol. The van der Waals surface area contributed by atoms with Gasteiger partial charge < -0.3 is 20.4 Å². The van der Waals surface area contributed by atoms with Crippen LogP contribution in [-0.4, -0.2) is 45.3 Å². The molecule has 0 aliphatic heterocycles. The molecule has 4 unspecified atom stereocenters. The molecule has 4 fully saturated rings. The molecule has 4 aliphatic carbocycles. The molecule has 168 valence electrons. The highest BCUT2D eigenvalue weighted by Crippen LogP contribution is 2.69. The van der Waals surface area contributed by atoms with Crippen molar-refractivity contribution < 1.29 is 20.4 Å². The second-order valence-corrected chi connectivity index (χ2v) is 11.8. The van der Waals surface area contributed by atoms with Crippen molar-refractivity contribution in [2.24, 2.45) is 52.3 Å². The first-order chi connectivity index (χ1) is 13.7. The Balaban J connectivity index is 1.72. The third-order valence-corrected chi connectivity index (χ3v) is 10.7. The molecule has 4 N–H and O–H groups in total. The molecule has 0 amide bonds. The third kappa shape index (κ3) is 3.15. The Labute approximate surface area is 177 Å². The number of rotatable bonds is 4. The molecule has 29 heavy (non-hydrogen) atoms. The maximum Gasteiger partial charge on any atom is 0.0605 e. The Morgan fingerprint density at radius 3 is 2.38 bits per heavy atom. The molecule has 0 aromatic heterocycles. The maximum absolute atomic E-state index is 11.7. The van der Waals surface area contributed by atoms with Crippen LogP contribution < -0.4 is 0 Å². The summed E-state index contributed by atoms with van der Waals surface area (Å²) in [5, 5.41) is 43.1. The van der Waals surface area contributed by atoms with Crippen LogP contribution in [0.4, 0.5) is 0 Å². The average Bonchev–Trinajstić information content (AvgIpc) is 3.00. The Kier molecular flexibility index (Phi) is 5.90. The summed E-state index contributed by atoms with van der Waals surface area (Å²) in [7, 11) is 0. The van der Waals surface area contributed by atoms with E-state index < -0.39 is 0 Å². The van der Waals surface area contributed by atoms with Crippen molar-refractivity contribution in [3.8, 4) is 0 Å². The molecule has 12 atom stereocenters. The summed E-state index contributed by atoms with van der Waals surface area (Å²) in [6.07, 6.45) is 6.46. The number of fused-ring (bicyclic) bond motifs is 5. The first kappa shape index (κ1) is 22.0. The molecule has 0 heterocycles. The lowest BCUT2D eigenvalue weighted by Gasteiger charge is -2.66. The van der Waals surface area contributed by atoms with E-state index in [0.29, 0.717) is 23.7 Å². The second-order valence-electron chi connectivity index (χ2n) is 11.8. The normalized spacial score (nSPS) is 55.7. The zero-order valence-electron chi connectivity index (χ0n) is 18.9. The van der Waals surface area contributed by atoms with Gasteiger partial charge in [0.15, 0.2) is 0 Å². The molecule has 0 bridgehead atoms. The van der Waals surface area contributed by atoms with Crippen LogP contribution >= 0.6 is 0 Å². The zero-order valence-corrected chi connectivity index (χ0v) is 18.9. The van der Waals surface area contributed by atoms with Crippen molar-refractivity contribution in [1.29, 1.82) is 0 Å². The first-order valence-corrected chi connectivity index (χ1v) is 12.3. The van der Waals surface area contributed by atoms with Crippen LogP contribution in [0.3, 0.4) is 0 Å². The number of hydrogen-bond donors (Lipinski definition) is 4. The van der Waals surface area contributed by atoms with Gasteiger partial charge in [-0.1, -0.05) is 34.1 Å². The highest BCUT2D eigenvalue weighted by atomic mass is 16.3. The molecular weight excluding hydrogens is 364 g/mol. The summed E-state index contributed by atoms with van der Waals surface area (Å²) in [5.41, 5.74) is 0.0607. The van der Waals surface area contributed by atoms with Crippen molar-refractivity contribution in [1.82, 2.24) is 0 Å². The van der Waals surface area contributed by atoms with E-state index in [1.165, 1.54) is 0 Å². The molecule has 4 nitrogen and oxygen atoms in total. The Bertz CT molecular complexity index is 595. The summed E-state index contributed by atoms with van der Waals surface area (Å²) < 4.78 is 0. The Morgan fingerprint density at radius 2 is 1.72 bits per heavy atom. The van der Waals surface area contributed by atoms with Crippen molar-refractivity contribution in [3.05, 3.63) is 0 Å². The summed E-state index contributed by atoms with van der Waals surface area (Å²) in [6, 6.07) is 0. The standard InChI is InChI=1S/C25H44O4/c1-5-16-19-12-15(27)8-10-24(19,3)22-20(28)13-25(4)17(14(2)9-11-26)6-7-18(25)21(22)23(16)29/h14-23,26-29H,5-13H2,1-4H3/t14-,15-,16-,17-,18?,19?,20+,21?,22?,23-,24+,25-/m1/s1. The van der Waals surface area contributed by atoms with Gasteiger partial charge in [-0.3, -0.25) is 0 Å². The van der Waals surface area contributed by atoms with E-state index in [4.69, 9.17) is 0 Å². The van der Waals surface area contributed by atoms with Crippen molar-refractivity contribution in [2.75, 3.05) is 6.61 Å². The highest BCUT2D eigenvalue weighted by Gasteiger charge is 2.67. The van der Waals surface area contributed by atoms with Gasteiger partial charge in [0.1, 0.15) is 0 Å². The number of aliphatic hydroxyl groups excluding tert-OH is 4. The zero-order chi connectivity index (χ0) is 21.1. The van der Waals surface area contributed by atoms with E-state index >= 15 is 0 Å². The lowest BCUT2D eigenvalue weighted by atomic mass is 9.40. The molecule has 4 aliphatic rings. The number of aliphatic hydroxyl groups is 4. The lowest BCUT2D eigenvalue weighted by molar-refractivity contribution is -0.235. The van der Waals surface area contributed by atoms with Crippen LogP contribution in [0, 0.1) is 52.3 Å². The SMILES string of the molecule is CC[C@@H]1C2C[C@H](O)CC[C@]2(C)C2C(C3CC[C@H]([C@H](C)CCO)[C@@]3(C)C[C@@H]2O)[C@@H]1O. The molecular formula is C25H44O4. The number of hydrogen-bond acceptors (Lipinski definition) is 4. The first-order valence-electron chi connectivity index (χ1n) is 12.3. The van der Waals surface area contributed by atoms with E-state index in [1.54, 1.807) is 0 Å². The van der Waals surface area contributed by atoms with Gasteiger partial charge in [0, 0.05) is 6.61 Å². The average molecular weight is 409 g/mol. The minimum atomic E-state index is -0.377. The highest BCUT2D eigenvalue weighted by molar-refractivity contribution is 5.15. The van der Waals surface area contributed by atoms with Gasteiger partial charge in [-0.15, -0.1) is 0 Å². The van der Waals surface area contributed by atoms with E-state index in [1.807, 2.05) is 0 Å². The second kappa shape index (κ2) is 7.76. The molecule has 4 saturated carbocycles. The minimum absolute atomic E-state index is 0.0132. The Morgan fingerprint density at radius 1 is 1.00 bits per heavy atom. The lowest BCUT2D eigenvalue weighted by Crippen LogP contribution is -2.65. The van der Waals surface area contributed by atoms with Gasteiger partial charge in [0.05, 0.1) is 18.3 Å². The van der Waals surface area contributed by atoms with E-state index in [9.17, 15) is 20.4 Å². The fraction of sp³-hybridized carbons (Fsp3) is 1.00. The molecule has 0 saturated heterocycles. The van der Waals surface area contributed by atoms with Gasteiger partial charge in [-0.05, 0) is 97.2 Å². The van der Waals surface area contributed by atoms with Crippen LogP contribution in [0.2, 0.25) is 0 Å². The van der Waals surface area contributed by atoms with Crippen LogP contribution in [-0.2, 0) is 0 Å². The molecule has 4 rings (SSSR count). The molecule has 0 aromatic carbocycles. The maximum atomic E-state index is 11.7. The molecule has 4 heteroatoms. The molecule has 0 radical (unpaired) electrons. The van der Waals surface area contributed by atoms with E-state index in [0.717, 1.165) is 51.4 Å². The van der Waals surface area contributed by atoms with Gasteiger partial charge in [0.2, 0.25) is 0 Å². The Hall–Kier alpha value is -0.160. The topological polar surface area (TPSA) is 80.9 Å². The quantitative estimate of drug-likeness (QED) is 0.573. The molecule has 0 aromatic rings. The van der Waals surface area contributed by atoms with Crippen LogP contribution in [0.5, 0.6) is 0 Å². The predicted octanol–water partition coefficient (Wildman–Crippen LogP) is 3.60. The fourth-order valence-electron chi connectivity index (χ4n) is 9.45. The van der Waals surface area contributed by atoms with Crippen LogP contribution in [0.1, 0.15) is 79.1 Å². The fourth-order valence-corrected chi connectivity index (χ4v) is 9.45. The summed E-state index contributed by atoms with van der Waals surface area (Å²) in [5.74, 6) is 2.25. The summed E-state index contributed by atoms with van der Waals surface area (Å²) in [4.78, 5) is 0.